The van der Waals surface area contributed by atoms with Gasteiger partial charge >= 0.3 is 5.97 Å². The number of methoxy groups -OCH3 is 1. The monoisotopic (exact) mass is 493 g/mol. The number of esters is 1. The van der Waals surface area contributed by atoms with Gasteiger partial charge in [-0.15, -0.1) is 5.11 Å². The molecule has 5 rings (SSSR count). The lowest BCUT2D eigenvalue weighted by Gasteiger charge is -2.29. The summed E-state index contributed by atoms with van der Waals surface area (Å²) in [5.74, 6) is -0.873. The molecule has 1 N–H and O–H groups in total. The van der Waals surface area contributed by atoms with Gasteiger partial charge in [-0.2, -0.15) is 5.11 Å². The molecule has 36 heavy (non-hydrogen) atoms. The number of ether oxygens (including phenoxy) is 1. The average Bonchev–Trinajstić information content (AvgIpc) is 3.27. The minimum Gasteiger partial charge on any atom is -0.464 e. The number of amides is 1. The Hall–Kier alpha value is -4.28. The lowest BCUT2D eigenvalue weighted by Crippen LogP contribution is -2.33. The van der Waals surface area contributed by atoms with Gasteiger partial charge in [0.1, 0.15) is 0 Å². The third-order valence-corrected chi connectivity index (χ3v) is 10.3. The van der Waals surface area contributed by atoms with Crippen LogP contribution >= 0.6 is 6.89 Å². The number of nitrogens with zero attached hydrogens (tertiary/aromatic N) is 2. The number of rotatable bonds is 6. The maximum absolute atomic E-state index is 13.5. The van der Waals surface area contributed by atoms with Crippen LogP contribution < -0.4 is 21.2 Å². The fraction of sp³-hybridized carbons (Fsp3) is 0.0690. The van der Waals surface area contributed by atoms with Gasteiger partial charge in [0, 0.05) is 18.1 Å². The number of nitrogens with one attached hydrogen (secondary N) is 1. The molecule has 0 aromatic heterocycles. The highest BCUT2D eigenvalue weighted by molar-refractivity contribution is 7.96. The van der Waals surface area contributed by atoms with Gasteiger partial charge in [-0.3, -0.25) is 4.79 Å². The second-order valence-electron chi connectivity index (χ2n) is 8.19. The molecule has 6 nitrogen and oxygen atoms in total. The van der Waals surface area contributed by atoms with E-state index in [2.05, 4.69) is 15.5 Å². The molecule has 0 saturated heterocycles. The summed E-state index contributed by atoms with van der Waals surface area (Å²) >= 11 is 0. The van der Waals surface area contributed by atoms with Crippen LogP contribution in [0.15, 0.2) is 125 Å². The number of fused-ring (bicyclic) bond motifs is 1. The van der Waals surface area contributed by atoms with E-state index in [0.29, 0.717) is 5.69 Å². The zero-order valence-electron chi connectivity index (χ0n) is 19.6. The molecule has 1 aliphatic heterocycles. The van der Waals surface area contributed by atoms with E-state index in [4.69, 9.17) is 4.74 Å². The Morgan fingerprint density at radius 1 is 0.750 bits per heavy atom. The second kappa shape index (κ2) is 10.1. The van der Waals surface area contributed by atoms with E-state index in [9.17, 15) is 9.59 Å². The Morgan fingerprint density at radius 2 is 1.22 bits per heavy atom. The van der Waals surface area contributed by atoms with Crippen molar-refractivity contribution in [1.82, 2.24) is 0 Å². The summed E-state index contributed by atoms with van der Waals surface area (Å²) in [4.78, 5) is 26.3. The van der Waals surface area contributed by atoms with Crippen molar-refractivity contribution in [3.05, 3.63) is 121 Å². The van der Waals surface area contributed by atoms with E-state index in [-0.39, 0.29) is 11.3 Å². The minimum atomic E-state index is -2.85. The first-order valence-corrected chi connectivity index (χ1v) is 13.3. The van der Waals surface area contributed by atoms with Gasteiger partial charge in [-0.05, 0) is 22.0 Å². The number of hydrogen-bond donors (Lipinski definition) is 1. The van der Waals surface area contributed by atoms with Crippen LogP contribution in [0.4, 0.5) is 5.69 Å². The molecule has 1 aliphatic rings. The van der Waals surface area contributed by atoms with Crippen LogP contribution in [-0.4, -0.2) is 24.4 Å². The summed E-state index contributed by atoms with van der Waals surface area (Å²) in [6.07, 6.45) is 0. The molecule has 1 unspecified atom stereocenters. The topological polar surface area (TPSA) is 80.1 Å². The van der Waals surface area contributed by atoms with Crippen molar-refractivity contribution in [2.45, 2.75) is 6.04 Å². The third-order valence-electron chi connectivity index (χ3n) is 6.15. The minimum absolute atomic E-state index is 0.172. The lowest BCUT2D eigenvalue weighted by molar-refractivity contribution is -0.132. The van der Waals surface area contributed by atoms with Crippen molar-refractivity contribution in [2.24, 2.45) is 10.2 Å². The van der Waals surface area contributed by atoms with E-state index in [1.54, 1.807) is 0 Å². The first-order valence-electron chi connectivity index (χ1n) is 11.5. The van der Waals surface area contributed by atoms with Gasteiger partial charge < -0.3 is 10.1 Å². The molecule has 0 spiro atoms. The number of carbonyl (C=O) groups excluding carboxylic acids is 2. The third kappa shape index (κ3) is 4.06. The lowest BCUT2D eigenvalue weighted by atomic mass is 10.1. The van der Waals surface area contributed by atoms with Crippen molar-refractivity contribution in [3.8, 4) is 0 Å². The number of benzene rings is 4. The molecule has 0 bridgehead atoms. The first kappa shape index (κ1) is 23.5. The summed E-state index contributed by atoms with van der Waals surface area (Å²) in [6, 6.07) is 36.0. The standard InChI is InChI=1S/C29H24N3O3P/c1-35-29(34)28(32-31-26-24-19-11-12-20-25(24)30-27(26)33)36(21-13-5-2-6-14-21,22-15-7-3-8-16-22)23-17-9-4-10-18-23/h2-20,26H,1H3,(H,30,33). The molecule has 1 atom stereocenters. The zero-order chi connectivity index (χ0) is 25.0. The van der Waals surface area contributed by atoms with Crippen LogP contribution in [0.1, 0.15) is 11.6 Å². The Labute approximate surface area is 209 Å². The zero-order valence-corrected chi connectivity index (χ0v) is 20.5. The highest BCUT2D eigenvalue weighted by Gasteiger charge is 2.36. The Bertz CT molecular complexity index is 1380. The summed E-state index contributed by atoms with van der Waals surface area (Å²) in [5, 5.41) is 14.7. The quantitative estimate of drug-likeness (QED) is 0.245. The SMILES string of the molecule is COC(=O)C(N=NC1C(=O)Nc2ccccc21)=P(c1ccccc1)(c1ccccc1)c1ccccc1. The summed E-state index contributed by atoms with van der Waals surface area (Å²) < 4.78 is 5.29. The van der Waals surface area contributed by atoms with E-state index in [0.717, 1.165) is 21.5 Å². The summed E-state index contributed by atoms with van der Waals surface area (Å²) in [7, 11) is 1.34. The predicted molar refractivity (Wildman–Crippen MR) is 145 cm³/mol. The number of para-hydroxylation sites is 1. The first-order chi connectivity index (χ1) is 17.7. The van der Waals surface area contributed by atoms with Gasteiger partial charge in [-0.1, -0.05) is 109 Å². The van der Waals surface area contributed by atoms with E-state index < -0.39 is 18.9 Å². The van der Waals surface area contributed by atoms with Crippen LogP contribution in [0.3, 0.4) is 0 Å². The average molecular weight is 494 g/mol. The van der Waals surface area contributed by atoms with E-state index in [1.807, 2.05) is 115 Å². The van der Waals surface area contributed by atoms with Crippen molar-refractivity contribution < 1.29 is 14.3 Å². The maximum atomic E-state index is 13.5. The molecular weight excluding hydrogens is 469 g/mol. The molecule has 4 aromatic rings. The van der Waals surface area contributed by atoms with Crippen LogP contribution in [0.2, 0.25) is 0 Å². The van der Waals surface area contributed by atoms with Crippen molar-refractivity contribution in [2.75, 3.05) is 12.4 Å². The molecule has 4 aromatic carbocycles. The fourth-order valence-corrected chi connectivity index (χ4v) is 8.56. The van der Waals surface area contributed by atoms with E-state index in [1.165, 1.54) is 7.11 Å². The van der Waals surface area contributed by atoms with Crippen LogP contribution in [0.25, 0.3) is 0 Å². The predicted octanol–water partition coefficient (Wildman–Crippen LogP) is 4.43. The smallest absolute Gasteiger partial charge is 0.359 e. The molecule has 1 heterocycles. The normalized spacial score (nSPS) is 14.8. The highest BCUT2D eigenvalue weighted by atomic mass is 31.2. The second-order valence-corrected chi connectivity index (χ2v) is 11.5. The van der Waals surface area contributed by atoms with Gasteiger partial charge in [0.15, 0.2) is 11.5 Å². The molecule has 0 fully saturated rings. The number of azo groups is 1. The molecule has 178 valence electrons. The van der Waals surface area contributed by atoms with Crippen LogP contribution in [0, 0.1) is 0 Å². The molecule has 0 saturated carbocycles. The molecule has 7 heteroatoms. The molecular formula is C29H24N3O3P. The highest BCUT2D eigenvalue weighted by Crippen LogP contribution is 2.47. The molecule has 1 amide bonds. The molecule has 0 aliphatic carbocycles. The van der Waals surface area contributed by atoms with Crippen molar-refractivity contribution in [1.29, 1.82) is 0 Å². The van der Waals surface area contributed by atoms with Gasteiger partial charge in [0.05, 0.1) is 7.11 Å². The Balaban J connectivity index is 1.87. The summed E-state index contributed by atoms with van der Waals surface area (Å²) in [5.41, 5.74) is 1.59. The van der Waals surface area contributed by atoms with Crippen molar-refractivity contribution >= 4 is 45.8 Å². The largest absolute Gasteiger partial charge is 0.464 e. The van der Waals surface area contributed by atoms with Crippen molar-refractivity contribution in [3.63, 3.8) is 0 Å². The van der Waals surface area contributed by atoms with E-state index >= 15 is 0 Å². The fourth-order valence-electron chi connectivity index (χ4n) is 4.52. The maximum Gasteiger partial charge on any atom is 0.359 e. The number of anilines is 1. The molecule has 0 radical (unpaired) electrons. The number of carbonyl (C=O) groups is 2. The van der Waals surface area contributed by atoms with Gasteiger partial charge in [0.25, 0.3) is 5.91 Å². The van der Waals surface area contributed by atoms with Gasteiger partial charge in [-0.25, -0.2) is 4.79 Å². The Kier molecular flexibility index (Phi) is 6.61. The van der Waals surface area contributed by atoms with Crippen LogP contribution in [-0.2, 0) is 14.3 Å². The summed E-state index contributed by atoms with van der Waals surface area (Å²) in [6.45, 7) is -2.85. The van der Waals surface area contributed by atoms with Crippen LogP contribution in [0.5, 0.6) is 0 Å². The Morgan fingerprint density at radius 3 is 1.72 bits per heavy atom. The number of hydrogen-bond acceptors (Lipinski definition) is 4. The van der Waals surface area contributed by atoms with Gasteiger partial charge in [0.2, 0.25) is 0 Å².